The van der Waals surface area contributed by atoms with Crippen molar-refractivity contribution in [3.05, 3.63) is 53.7 Å². The second-order valence-corrected chi connectivity index (χ2v) is 7.46. The van der Waals surface area contributed by atoms with Crippen LogP contribution < -0.4 is 10.6 Å². The van der Waals surface area contributed by atoms with Crippen molar-refractivity contribution in [1.82, 2.24) is 30.3 Å². The first-order chi connectivity index (χ1) is 14.3. The number of pyridine rings is 1. The Labute approximate surface area is 173 Å². The zero-order valence-corrected chi connectivity index (χ0v) is 17.0. The van der Waals surface area contributed by atoms with Gasteiger partial charge in [0.15, 0.2) is 17.9 Å². The van der Waals surface area contributed by atoms with Crippen molar-refractivity contribution < 1.29 is 14.4 Å². The highest BCUT2D eigenvalue weighted by Crippen LogP contribution is 2.31. The summed E-state index contributed by atoms with van der Waals surface area (Å²) in [6.45, 7) is 4.08. The van der Waals surface area contributed by atoms with Gasteiger partial charge in [-0.25, -0.2) is 9.67 Å². The summed E-state index contributed by atoms with van der Waals surface area (Å²) in [5.74, 6) is -0.432. The van der Waals surface area contributed by atoms with Gasteiger partial charge >= 0.3 is 0 Å². The molecule has 0 bridgehead atoms. The molecule has 3 N–H and O–H groups in total. The minimum Gasteiger partial charge on any atom is -0.392 e. The average Bonchev–Trinajstić information content (AvgIpc) is 3.32. The molecule has 156 valence electrons. The molecule has 1 aliphatic heterocycles. The van der Waals surface area contributed by atoms with Crippen LogP contribution >= 0.6 is 0 Å². The summed E-state index contributed by atoms with van der Waals surface area (Å²) >= 11 is 0. The lowest BCUT2D eigenvalue weighted by Gasteiger charge is -2.22. The number of amides is 2. The van der Waals surface area contributed by atoms with Crippen molar-refractivity contribution in [3.63, 3.8) is 0 Å². The Balaban J connectivity index is 1.80. The zero-order valence-electron chi connectivity index (χ0n) is 17.0. The number of carbonyl (C=O) groups excluding carboxylic acids is 3. The van der Waals surface area contributed by atoms with Gasteiger partial charge in [-0.05, 0) is 18.6 Å². The van der Waals surface area contributed by atoms with Gasteiger partial charge in [-0.15, -0.1) is 0 Å². The number of carbonyl (C=O) groups is 3. The van der Waals surface area contributed by atoms with Crippen LogP contribution in [0.25, 0.3) is 5.82 Å². The van der Waals surface area contributed by atoms with Crippen LogP contribution in [0.2, 0.25) is 0 Å². The van der Waals surface area contributed by atoms with Gasteiger partial charge in [0.25, 0.3) is 5.91 Å². The van der Waals surface area contributed by atoms with Crippen molar-refractivity contribution in [2.75, 3.05) is 13.6 Å². The Morgan fingerprint density at radius 2 is 2.10 bits per heavy atom. The Morgan fingerprint density at radius 3 is 2.70 bits per heavy atom. The summed E-state index contributed by atoms with van der Waals surface area (Å²) in [6, 6.07) is 4.81. The molecule has 0 saturated carbocycles. The fourth-order valence-corrected chi connectivity index (χ4v) is 3.02. The monoisotopic (exact) mass is 409 g/mol. The molecule has 1 saturated heterocycles. The molecule has 30 heavy (non-hydrogen) atoms. The summed E-state index contributed by atoms with van der Waals surface area (Å²) in [4.78, 5) is 41.8. The number of amidine groups is 1. The molecule has 0 unspecified atom stereocenters. The van der Waals surface area contributed by atoms with Gasteiger partial charge in [-0.2, -0.15) is 5.10 Å². The van der Waals surface area contributed by atoms with Crippen molar-refractivity contribution in [2.45, 2.75) is 20.3 Å². The highest BCUT2D eigenvalue weighted by atomic mass is 16.2. The summed E-state index contributed by atoms with van der Waals surface area (Å²) in [6.07, 6.45) is 5.64. The zero-order chi connectivity index (χ0) is 21.9. The molecular formula is C20H23N7O3. The van der Waals surface area contributed by atoms with E-state index in [2.05, 4.69) is 20.7 Å². The highest BCUT2D eigenvalue weighted by molar-refractivity contribution is 6.10. The van der Waals surface area contributed by atoms with Crippen molar-refractivity contribution in [3.8, 4) is 5.82 Å². The second kappa shape index (κ2) is 8.27. The fraction of sp³-hybridized carbons (Fsp3) is 0.300. The number of hydrogen-bond donors (Lipinski definition) is 3. The van der Waals surface area contributed by atoms with Crippen LogP contribution in [-0.4, -0.2) is 57.2 Å². The molecule has 0 aliphatic carbocycles. The number of nitrogens with zero attached hydrogens (tertiary/aromatic N) is 4. The van der Waals surface area contributed by atoms with Crippen LogP contribution in [-0.2, 0) is 4.79 Å². The van der Waals surface area contributed by atoms with E-state index in [1.807, 2.05) is 13.8 Å². The molecule has 2 aromatic heterocycles. The second-order valence-electron chi connectivity index (χ2n) is 7.46. The molecule has 10 nitrogen and oxygen atoms in total. The van der Waals surface area contributed by atoms with E-state index in [4.69, 9.17) is 5.41 Å². The number of aldehydes is 1. The predicted molar refractivity (Wildman–Crippen MR) is 109 cm³/mol. The molecule has 0 atom stereocenters. The van der Waals surface area contributed by atoms with E-state index in [0.29, 0.717) is 30.6 Å². The van der Waals surface area contributed by atoms with Crippen molar-refractivity contribution in [2.24, 2.45) is 5.41 Å². The molecular weight excluding hydrogens is 386 g/mol. The van der Waals surface area contributed by atoms with Gasteiger partial charge in [0.05, 0.1) is 17.5 Å². The maximum Gasteiger partial charge on any atom is 0.274 e. The van der Waals surface area contributed by atoms with Gasteiger partial charge in [-0.3, -0.25) is 24.7 Å². The smallest absolute Gasteiger partial charge is 0.274 e. The number of nitrogens with one attached hydrogen (secondary N) is 3. The molecule has 10 heteroatoms. The SMILES string of the molecule is CN/C=C(/NC(=O)c1cccc(-n2cc(C=O)cn2)n1)C(=N)N1CCC(C)(C)C1=O. The minimum atomic E-state index is -0.545. The summed E-state index contributed by atoms with van der Waals surface area (Å²) in [5, 5.41) is 17.9. The quantitative estimate of drug-likeness (QED) is 0.372. The molecule has 3 rings (SSSR count). The van der Waals surface area contributed by atoms with Crippen molar-refractivity contribution >= 4 is 23.9 Å². The van der Waals surface area contributed by atoms with Gasteiger partial charge in [0.1, 0.15) is 5.69 Å². The number of aromatic nitrogens is 3. The van der Waals surface area contributed by atoms with E-state index >= 15 is 0 Å². The first-order valence-electron chi connectivity index (χ1n) is 9.34. The third-order valence-electron chi connectivity index (χ3n) is 4.79. The lowest BCUT2D eigenvalue weighted by Crippen LogP contribution is -2.41. The topological polar surface area (TPSA) is 133 Å². The van der Waals surface area contributed by atoms with E-state index < -0.39 is 11.3 Å². The van der Waals surface area contributed by atoms with Crippen LogP contribution in [0.3, 0.4) is 0 Å². The summed E-state index contributed by atoms with van der Waals surface area (Å²) in [5.41, 5.74) is 0.0975. The first-order valence-corrected chi connectivity index (χ1v) is 9.34. The van der Waals surface area contributed by atoms with Crippen LogP contribution in [0.15, 0.2) is 42.5 Å². The number of hydrogen-bond acceptors (Lipinski definition) is 7. The van der Waals surface area contributed by atoms with E-state index in [9.17, 15) is 14.4 Å². The predicted octanol–water partition coefficient (Wildman–Crippen LogP) is 1.11. The molecule has 3 heterocycles. The first kappa shape index (κ1) is 20.9. The number of likely N-dealkylation sites (tertiary alicyclic amines) is 1. The van der Waals surface area contributed by atoms with Crippen LogP contribution in [0.4, 0.5) is 0 Å². The maximum absolute atomic E-state index is 12.8. The fourth-order valence-electron chi connectivity index (χ4n) is 3.02. The van der Waals surface area contributed by atoms with Gasteiger partial charge < -0.3 is 10.6 Å². The Morgan fingerprint density at radius 1 is 1.33 bits per heavy atom. The van der Waals surface area contributed by atoms with Crippen molar-refractivity contribution in [1.29, 1.82) is 5.41 Å². The molecule has 0 aromatic carbocycles. The molecule has 1 fully saturated rings. The Kier molecular flexibility index (Phi) is 5.77. The third kappa shape index (κ3) is 4.12. The normalized spacial score (nSPS) is 15.8. The van der Waals surface area contributed by atoms with E-state index in [1.54, 1.807) is 19.2 Å². The summed E-state index contributed by atoms with van der Waals surface area (Å²) in [7, 11) is 1.64. The largest absolute Gasteiger partial charge is 0.392 e. The minimum absolute atomic E-state index is 0.0906. The van der Waals surface area contributed by atoms with Crippen LogP contribution in [0, 0.1) is 10.8 Å². The van der Waals surface area contributed by atoms with Crippen LogP contribution in [0.1, 0.15) is 41.1 Å². The van der Waals surface area contributed by atoms with E-state index in [-0.39, 0.29) is 23.1 Å². The van der Waals surface area contributed by atoms with E-state index in [1.165, 1.54) is 34.2 Å². The molecule has 1 aliphatic rings. The Bertz CT molecular complexity index is 1040. The number of rotatable bonds is 6. The van der Waals surface area contributed by atoms with Crippen LogP contribution in [0.5, 0.6) is 0 Å². The Hall–Kier alpha value is -3.82. The average molecular weight is 409 g/mol. The maximum atomic E-state index is 12.8. The standard InChI is InChI=1S/C20H23N7O3/c1-20(2)7-8-26(19(20)30)17(21)15(10-22-3)25-18(29)14-5-4-6-16(24-14)27-11-13(12-28)9-23-27/h4-6,9-12,21-22H,7-8H2,1-3H3,(H,25,29)/b15-10+,21-17?. The van der Waals surface area contributed by atoms with E-state index in [0.717, 1.165) is 0 Å². The van der Waals surface area contributed by atoms with Gasteiger partial charge in [-0.1, -0.05) is 19.9 Å². The lowest BCUT2D eigenvalue weighted by molar-refractivity contribution is -0.131. The van der Waals surface area contributed by atoms with Gasteiger partial charge in [0, 0.05) is 31.4 Å². The molecule has 2 aromatic rings. The van der Waals surface area contributed by atoms with Gasteiger partial charge in [0.2, 0.25) is 5.91 Å². The summed E-state index contributed by atoms with van der Waals surface area (Å²) < 4.78 is 1.39. The highest BCUT2D eigenvalue weighted by Gasteiger charge is 2.41. The molecule has 2 amide bonds. The molecule has 0 spiro atoms. The third-order valence-corrected chi connectivity index (χ3v) is 4.79. The molecule has 0 radical (unpaired) electrons. The lowest BCUT2D eigenvalue weighted by atomic mass is 9.92.